The molecule has 0 saturated heterocycles. The van der Waals surface area contributed by atoms with Crippen LogP contribution in [0.3, 0.4) is 0 Å². The summed E-state index contributed by atoms with van der Waals surface area (Å²) in [6.45, 7) is 6.92. The molecule has 0 aliphatic heterocycles. The number of hydrogen-bond acceptors (Lipinski definition) is 4. The van der Waals surface area contributed by atoms with E-state index in [0.717, 1.165) is 11.8 Å². The highest BCUT2D eigenvalue weighted by atomic mass is 32.2. The summed E-state index contributed by atoms with van der Waals surface area (Å²) in [6, 6.07) is 18.1. The number of benzene rings is 2. The Labute approximate surface area is 204 Å². The van der Waals surface area contributed by atoms with Gasteiger partial charge in [-0.25, -0.2) is 8.42 Å². The standard InChI is InChI=1S/C26H37N3O4S/c1-21(2)20-27-26(31)22(3)28(19-17-23-12-7-5-8-13-23)25(30)16-11-18-29(34(4,32)33)24-14-9-6-10-15-24/h5-10,12-15,21-22H,11,16-20H2,1-4H3,(H,27,31)/t22-/m0/s1. The van der Waals surface area contributed by atoms with Crippen molar-refractivity contribution in [2.45, 2.75) is 46.1 Å². The maximum Gasteiger partial charge on any atom is 0.242 e. The first-order valence-electron chi connectivity index (χ1n) is 11.7. The van der Waals surface area contributed by atoms with Crippen LogP contribution in [0.2, 0.25) is 0 Å². The van der Waals surface area contributed by atoms with Crippen LogP contribution in [0.15, 0.2) is 60.7 Å². The largest absolute Gasteiger partial charge is 0.354 e. The molecule has 186 valence electrons. The Morgan fingerprint density at radius 2 is 1.50 bits per heavy atom. The van der Waals surface area contributed by atoms with Gasteiger partial charge in [-0.3, -0.25) is 13.9 Å². The first-order chi connectivity index (χ1) is 16.1. The predicted molar refractivity (Wildman–Crippen MR) is 137 cm³/mol. The molecule has 0 aliphatic carbocycles. The van der Waals surface area contributed by atoms with Gasteiger partial charge in [0.05, 0.1) is 11.9 Å². The Balaban J connectivity index is 2.07. The van der Waals surface area contributed by atoms with Crippen molar-refractivity contribution in [3.8, 4) is 0 Å². The number of anilines is 1. The molecule has 34 heavy (non-hydrogen) atoms. The number of carbonyl (C=O) groups excluding carboxylic acids is 2. The van der Waals surface area contributed by atoms with Gasteiger partial charge < -0.3 is 10.2 Å². The van der Waals surface area contributed by atoms with Crippen molar-refractivity contribution in [2.75, 3.05) is 30.2 Å². The molecule has 0 aliphatic rings. The lowest BCUT2D eigenvalue weighted by molar-refractivity contribution is -0.140. The Morgan fingerprint density at radius 1 is 0.912 bits per heavy atom. The number of amides is 2. The second-order valence-corrected chi connectivity index (χ2v) is 10.8. The Bertz CT molecular complexity index is 1010. The zero-order valence-electron chi connectivity index (χ0n) is 20.6. The second kappa shape index (κ2) is 13.1. The summed E-state index contributed by atoms with van der Waals surface area (Å²) in [6.07, 6.45) is 2.29. The molecule has 0 bridgehead atoms. The third kappa shape index (κ3) is 8.82. The molecule has 0 saturated carbocycles. The van der Waals surface area contributed by atoms with Gasteiger partial charge in [-0.1, -0.05) is 62.4 Å². The smallest absolute Gasteiger partial charge is 0.242 e. The normalized spacial score (nSPS) is 12.3. The van der Waals surface area contributed by atoms with Gasteiger partial charge in [-0.2, -0.15) is 0 Å². The highest BCUT2D eigenvalue weighted by Crippen LogP contribution is 2.18. The SMILES string of the molecule is CC(C)CNC(=O)[C@H](C)N(CCc1ccccc1)C(=O)CCCN(c1ccccc1)S(C)(=O)=O. The van der Waals surface area contributed by atoms with Crippen molar-refractivity contribution >= 4 is 27.5 Å². The maximum atomic E-state index is 13.2. The Kier molecular flexibility index (Phi) is 10.6. The van der Waals surface area contributed by atoms with Crippen LogP contribution >= 0.6 is 0 Å². The molecule has 2 aromatic rings. The van der Waals surface area contributed by atoms with Crippen LogP contribution < -0.4 is 9.62 Å². The number of para-hydroxylation sites is 1. The third-order valence-corrected chi connectivity index (χ3v) is 6.73. The Morgan fingerprint density at radius 3 is 2.06 bits per heavy atom. The number of carbonyl (C=O) groups is 2. The summed E-state index contributed by atoms with van der Waals surface area (Å²) in [5.74, 6) is -0.0358. The minimum absolute atomic E-state index is 0.148. The maximum absolute atomic E-state index is 13.2. The lowest BCUT2D eigenvalue weighted by atomic mass is 10.1. The average molecular weight is 488 g/mol. The van der Waals surface area contributed by atoms with E-state index in [1.807, 2.05) is 50.2 Å². The van der Waals surface area contributed by atoms with E-state index in [1.165, 1.54) is 4.31 Å². The summed E-state index contributed by atoms with van der Waals surface area (Å²) < 4.78 is 25.9. The Hall–Kier alpha value is -2.87. The fourth-order valence-electron chi connectivity index (χ4n) is 3.62. The van der Waals surface area contributed by atoms with Gasteiger partial charge in [0.25, 0.3) is 0 Å². The highest BCUT2D eigenvalue weighted by Gasteiger charge is 2.26. The van der Waals surface area contributed by atoms with Crippen molar-refractivity contribution in [2.24, 2.45) is 5.92 Å². The molecule has 8 heteroatoms. The minimum atomic E-state index is -3.48. The predicted octanol–water partition coefficient (Wildman–Crippen LogP) is 3.46. The quantitative estimate of drug-likeness (QED) is 0.469. The van der Waals surface area contributed by atoms with E-state index >= 15 is 0 Å². The van der Waals surface area contributed by atoms with Crippen molar-refractivity contribution in [3.63, 3.8) is 0 Å². The molecule has 0 heterocycles. The lowest BCUT2D eigenvalue weighted by Crippen LogP contribution is -2.49. The van der Waals surface area contributed by atoms with Crippen LogP contribution in [0, 0.1) is 5.92 Å². The van der Waals surface area contributed by atoms with E-state index in [2.05, 4.69) is 5.32 Å². The van der Waals surface area contributed by atoms with Gasteiger partial charge in [-0.15, -0.1) is 0 Å². The molecular weight excluding hydrogens is 450 g/mol. The number of nitrogens with zero attached hydrogens (tertiary/aromatic N) is 2. The van der Waals surface area contributed by atoms with Gasteiger partial charge in [0.2, 0.25) is 21.8 Å². The van der Waals surface area contributed by atoms with Gasteiger partial charge in [0, 0.05) is 26.1 Å². The van der Waals surface area contributed by atoms with Gasteiger partial charge in [0.15, 0.2) is 0 Å². The summed E-state index contributed by atoms with van der Waals surface area (Å²) >= 11 is 0. The van der Waals surface area contributed by atoms with Crippen molar-refractivity contribution in [3.05, 3.63) is 66.2 Å². The molecule has 0 spiro atoms. The van der Waals surface area contributed by atoms with Crippen molar-refractivity contribution in [1.82, 2.24) is 10.2 Å². The molecular formula is C26H37N3O4S. The topological polar surface area (TPSA) is 86.8 Å². The number of sulfonamides is 1. The fraction of sp³-hybridized carbons (Fsp3) is 0.462. The molecule has 2 rings (SSSR count). The number of rotatable bonds is 13. The molecule has 7 nitrogen and oxygen atoms in total. The van der Waals surface area contributed by atoms with Gasteiger partial charge in [-0.05, 0) is 43.4 Å². The van der Waals surface area contributed by atoms with E-state index in [4.69, 9.17) is 0 Å². The molecule has 1 atom stereocenters. The zero-order valence-corrected chi connectivity index (χ0v) is 21.4. The molecule has 2 amide bonds. The van der Waals surface area contributed by atoms with E-state index in [0.29, 0.717) is 37.5 Å². The van der Waals surface area contributed by atoms with Crippen molar-refractivity contribution < 1.29 is 18.0 Å². The van der Waals surface area contributed by atoms with Crippen LogP contribution in [0.1, 0.15) is 39.2 Å². The van der Waals surface area contributed by atoms with Crippen LogP contribution in [0.25, 0.3) is 0 Å². The monoisotopic (exact) mass is 487 g/mol. The average Bonchev–Trinajstić information content (AvgIpc) is 2.80. The first-order valence-corrected chi connectivity index (χ1v) is 13.6. The highest BCUT2D eigenvalue weighted by molar-refractivity contribution is 7.92. The number of hydrogen-bond donors (Lipinski definition) is 1. The molecule has 0 radical (unpaired) electrons. The lowest BCUT2D eigenvalue weighted by Gasteiger charge is -2.29. The summed E-state index contributed by atoms with van der Waals surface area (Å²) in [5.41, 5.74) is 1.65. The minimum Gasteiger partial charge on any atom is -0.354 e. The summed E-state index contributed by atoms with van der Waals surface area (Å²) in [4.78, 5) is 27.5. The van der Waals surface area contributed by atoms with Gasteiger partial charge in [0.1, 0.15) is 6.04 Å². The van der Waals surface area contributed by atoms with Crippen LogP contribution in [-0.4, -0.2) is 57.1 Å². The molecule has 0 fully saturated rings. The molecule has 0 aromatic heterocycles. The number of nitrogens with one attached hydrogen (secondary N) is 1. The van der Waals surface area contributed by atoms with E-state index in [9.17, 15) is 18.0 Å². The third-order valence-electron chi connectivity index (χ3n) is 5.53. The first kappa shape index (κ1) is 27.4. The van der Waals surface area contributed by atoms with E-state index in [1.54, 1.807) is 36.1 Å². The van der Waals surface area contributed by atoms with Crippen LogP contribution in [-0.2, 0) is 26.0 Å². The molecule has 1 N–H and O–H groups in total. The fourth-order valence-corrected chi connectivity index (χ4v) is 4.59. The second-order valence-electron chi connectivity index (χ2n) is 8.91. The van der Waals surface area contributed by atoms with E-state index < -0.39 is 16.1 Å². The van der Waals surface area contributed by atoms with E-state index in [-0.39, 0.29) is 24.8 Å². The van der Waals surface area contributed by atoms with Crippen molar-refractivity contribution in [1.29, 1.82) is 0 Å². The molecule has 2 aromatic carbocycles. The zero-order chi connectivity index (χ0) is 25.1. The molecule has 0 unspecified atom stereocenters. The van der Waals surface area contributed by atoms with Crippen LogP contribution in [0.4, 0.5) is 5.69 Å². The van der Waals surface area contributed by atoms with Gasteiger partial charge >= 0.3 is 0 Å². The van der Waals surface area contributed by atoms with Crippen LogP contribution in [0.5, 0.6) is 0 Å². The summed E-state index contributed by atoms with van der Waals surface area (Å²) in [5, 5.41) is 2.91. The summed E-state index contributed by atoms with van der Waals surface area (Å²) in [7, 11) is -3.48.